The van der Waals surface area contributed by atoms with Gasteiger partial charge in [-0.3, -0.25) is 0 Å². The summed E-state index contributed by atoms with van der Waals surface area (Å²) >= 11 is 0. The fourth-order valence-corrected chi connectivity index (χ4v) is 1.88. The van der Waals surface area contributed by atoms with Crippen LogP contribution in [0.5, 0.6) is 5.75 Å². The van der Waals surface area contributed by atoms with Crippen LogP contribution in [0.15, 0.2) is 54.6 Å². The van der Waals surface area contributed by atoms with Crippen LogP contribution in [-0.4, -0.2) is 6.29 Å². The van der Waals surface area contributed by atoms with E-state index in [2.05, 4.69) is 0 Å². The third kappa shape index (κ3) is 4.25. The van der Waals surface area contributed by atoms with Crippen LogP contribution in [0.25, 0.3) is 0 Å². The van der Waals surface area contributed by atoms with Crippen molar-refractivity contribution in [3.8, 4) is 5.75 Å². The Balaban J connectivity index is 1.90. The predicted octanol–water partition coefficient (Wildman–Crippen LogP) is 3.64. The Morgan fingerprint density at radius 3 is 2.32 bits per heavy atom. The number of benzene rings is 2. The zero-order chi connectivity index (χ0) is 13.5. The van der Waals surface area contributed by atoms with Crippen LogP contribution in [0.4, 0.5) is 0 Å². The quantitative estimate of drug-likeness (QED) is 0.736. The van der Waals surface area contributed by atoms with Crippen LogP contribution in [0.3, 0.4) is 0 Å². The zero-order valence-electron chi connectivity index (χ0n) is 11.1. The van der Waals surface area contributed by atoms with Crippen LogP contribution >= 0.6 is 0 Å². The number of hydrogen-bond donors (Lipinski definition) is 0. The van der Waals surface area contributed by atoms with E-state index in [9.17, 15) is 4.79 Å². The summed E-state index contributed by atoms with van der Waals surface area (Å²) in [6.07, 6.45) is 1.77. The van der Waals surface area contributed by atoms with Crippen molar-refractivity contribution >= 4 is 6.29 Å². The first-order chi connectivity index (χ1) is 9.28. The highest BCUT2D eigenvalue weighted by atomic mass is 16.5. The summed E-state index contributed by atoms with van der Waals surface area (Å²) in [6.45, 7) is 2.50. The molecule has 2 aromatic rings. The molecule has 0 aromatic heterocycles. The van der Waals surface area contributed by atoms with Crippen LogP contribution < -0.4 is 4.74 Å². The largest absolute Gasteiger partial charge is 0.489 e. The molecule has 0 bridgehead atoms. The van der Waals surface area contributed by atoms with E-state index in [1.54, 1.807) is 0 Å². The molecule has 0 fully saturated rings. The van der Waals surface area contributed by atoms with Crippen molar-refractivity contribution in [2.75, 3.05) is 0 Å². The highest BCUT2D eigenvalue weighted by Crippen LogP contribution is 2.16. The maximum atomic E-state index is 10.6. The van der Waals surface area contributed by atoms with Crippen molar-refractivity contribution in [2.24, 2.45) is 5.92 Å². The second-order valence-electron chi connectivity index (χ2n) is 4.74. The van der Waals surface area contributed by atoms with Crippen LogP contribution in [0.2, 0.25) is 0 Å². The van der Waals surface area contributed by atoms with Gasteiger partial charge in [-0.2, -0.15) is 0 Å². The standard InChI is InChI=1S/C17H18O2/c1-14(12-18)11-15-7-9-17(10-8-15)19-13-16-5-3-2-4-6-16/h2-10,12,14H,11,13H2,1H3/t14-/m1/s1. The first-order valence-electron chi connectivity index (χ1n) is 6.49. The summed E-state index contributed by atoms with van der Waals surface area (Å²) < 4.78 is 5.71. The first-order valence-corrected chi connectivity index (χ1v) is 6.49. The van der Waals surface area contributed by atoms with Gasteiger partial charge in [0.05, 0.1) is 0 Å². The number of rotatable bonds is 6. The average molecular weight is 254 g/mol. The third-order valence-electron chi connectivity index (χ3n) is 2.96. The van der Waals surface area contributed by atoms with E-state index in [0.29, 0.717) is 6.61 Å². The molecule has 19 heavy (non-hydrogen) atoms. The molecule has 0 spiro atoms. The van der Waals surface area contributed by atoms with Crippen molar-refractivity contribution in [3.05, 3.63) is 65.7 Å². The smallest absolute Gasteiger partial charge is 0.123 e. The lowest BCUT2D eigenvalue weighted by Crippen LogP contribution is -2.00. The summed E-state index contributed by atoms with van der Waals surface area (Å²) in [4.78, 5) is 10.6. The van der Waals surface area contributed by atoms with Crippen LogP contribution in [0.1, 0.15) is 18.1 Å². The lowest BCUT2D eigenvalue weighted by atomic mass is 10.0. The van der Waals surface area contributed by atoms with E-state index in [-0.39, 0.29) is 5.92 Å². The van der Waals surface area contributed by atoms with Crippen molar-refractivity contribution in [3.63, 3.8) is 0 Å². The van der Waals surface area contributed by atoms with Crippen LogP contribution in [0, 0.1) is 5.92 Å². The monoisotopic (exact) mass is 254 g/mol. The fraction of sp³-hybridized carbons (Fsp3) is 0.235. The highest BCUT2D eigenvalue weighted by molar-refractivity contribution is 5.53. The highest BCUT2D eigenvalue weighted by Gasteiger charge is 2.02. The van der Waals surface area contributed by atoms with Gasteiger partial charge in [-0.1, -0.05) is 49.4 Å². The number of hydrogen-bond acceptors (Lipinski definition) is 2. The minimum atomic E-state index is 0.0658. The van der Waals surface area contributed by atoms with Gasteiger partial charge in [0, 0.05) is 5.92 Å². The molecule has 1 atom stereocenters. The van der Waals surface area contributed by atoms with Crippen molar-refractivity contribution < 1.29 is 9.53 Å². The van der Waals surface area contributed by atoms with Gasteiger partial charge in [-0.15, -0.1) is 0 Å². The molecular weight excluding hydrogens is 236 g/mol. The minimum Gasteiger partial charge on any atom is -0.489 e. The average Bonchev–Trinajstić information content (AvgIpc) is 2.47. The number of carbonyl (C=O) groups excluding carboxylic acids is 1. The van der Waals surface area contributed by atoms with E-state index in [0.717, 1.165) is 29.6 Å². The molecule has 0 saturated carbocycles. The summed E-state index contributed by atoms with van der Waals surface area (Å²) in [5, 5.41) is 0. The molecule has 2 heteroatoms. The van der Waals surface area contributed by atoms with Gasteiger partial charge < -0.3 is 9.53 Å². The Bertz CT molecular complexity index is 503. The number of carbonyl (C=O) groups is 1. The van der Waals surface area contributed by atoms with Gasteiger partial charge in [0.1, 0.15) is 18.6 Å². The Morgan fingerprint density at radius 2 is 1.68 bits per heavy atom. The molecule has 2 rings (SSSR count). The molecule has 0 N–H and O–H groups in total. The molecule has 0 saturated heterocycles. The summed E-state index contributed by atoms with van der Waals surface area (Å²) in [6, 6.07) is 18.0. The molecule has 0 aliphatic rings. The maximum Gasteiger partial charge on any atom is 0.123 e. The van der Waals surface area contributed by atoms with Gasteiger partial charge >= 0.3 is 0 Å². The molecule has 2 aromatic carbocycles. The van der Waals surface area contributed by atoms with Gasteiger partial charge in [0.15, 0.2) is 0 Å². The summed E-state index contributed by atoms with van der Waals surface area (Å²) in [5.74, 6) is 0.919. The Morgan fingerprint density at radius 1 is 1.00 bits per heavy atom. The zero-order valence-corrected chi connectivity index (χ0v) is 11.1. The summed E-state index contributed by atoms with van der Waals surface area (Å²) in [7, 11) is 0. The lowest BCUT2D eigenvalue weighted by Gasteiger charge is -2.08. The Hall–Kier alpha value is -2.09. The maximum absolute atomic E-state index is 10.6. The molecule has 0 radical (unpaired) electrons. The topological polar surface area (TPSA) is 26.3 Å². The molecular formula is C17H18O2. The van der Waals surface area contributed by atoms with E-state index in [1.807, 2.05) is 61.5 Å². The van der Waals surface area contributed by atoms with E-state index in [1.165, 1.54) is 0 Å². The normalized spacial score (nSPS) is 11.8. The van der Waals surface area contributed by atoms with Gasteiger partial charge in [-0.05, 0) is 29.7 Å². The molecule has 0 amide bonds. The predicted molar refractivity (Wildman–Crippen MR) is 76.1 cm³/mol. The lowest BCUT2D eigenvalue weighted by molar-refractivity contribution is -0.110. The molecule has 98 valence electrons. The van der Waals surface area contributed by atoms with Crippen molar-refractivity contribution in [1.82, 2.24) is 0 Å². The minimum absolute atomic E-state index is 0.0658. The van der Waals surface area contributed by atoms with E-state index >= 15 is 0 Å². The van der Waals surface area contributed by atoms with Crippen molar-refractivity contribution in [2.45, 2.75) is 20.0 Å². The summed E-state index contributed by atoms with van der Waals surface area (Å²) in [5.41, 5.74) is 2.31. The SMILES string of the molecule is C[C@@H](C=O)Cc1ccc(OCc2ccccc2)cc1. The first kappa shape index (κ1) is 13.3. The molecule has 0 unspecified atom stereocenters. The Labute approximate surface area is 114 Å². The number of ether oxygens (including phenoxy) is 1. The molecule has 0 heterocycles. The van der Waals surface area contributed by atoms with Gasteiger partial charge in [-0.25, -0.2) is 0 Å². The Kier molecular flexibility index (Phi) is 4.73. The number of aldehydes is 1. The molecule has 0 aliphatic heterocycles. The van der Waals surface area contributed by atoms with Gasteiger partial charge in [0.2, 0.25) is 0 Å². The fourth-order valence-electron chi connectivity index (χ4n) is 1.88. The second kappa shape index (κ2) is 6.74. The van der Waals surface area contributed by atoms with E-state index in [4.69, 9.17) is 4.74 Å². The van der Waals surface area contributed by atoms with Crippen molar-refractivity contribution in [1.29, 1.82) is 0 Å². The van der Waals surface area contributed by atoms with Crippen LogP contribution in [-0.2, 0) is 17.8 Å². The molecule has 0 aliphatic carbocycles. The molecule has 2 nitrogen and oxygen atoms in total. The van der Waals surface area contributed by atoms with E-state index < -0.39 is 0 Å². The second-order valence-corrected chi connectivity index (χ2v) is 4.74. The third-order valence-corrected chi connectivity index (χ3v) is 2.96. The van der Waals surface area contributed by atoms with Gasteiger partial charge in [0.25, 0.3) is 0 Å².